The van der Waals surface area contributed by atoms with E-state index in [1.807, 2.05) is 59.7 Å². The van der Waals surface area contributed by atoms with E-state index in [4.69, 9.17) is 9.41 Å². The zero-order chi connectivity index (χ0) is 27.5. The summed E-state index contributed by atoms with van der Waals surface area (Å²) in [5.41, 5.74) is 2.50. The molecule has 2 aliphatic heterocycles. The van der Waals surface area contributed by atoms with E-state index < -0.39 is 6.04 Å². The van der Waals surface area contributed by atoms with Gasteiger partial charge in [0.2, 0.25) is 17.8 Å². The molecule has 3 N–H and O–H groups in total. The number of likely N-dealkylation sites (tertiary alicyclic amines) is 2. The average molecular weight is 560 g/mol. The lowest BCUT2D eigenvalue weighted by molar-refractivity contribution is -0.140. The number of hydrogen-bond donors (Lipinski definition) is 3. The van der Waals surface area contributed by atoms with Crippen LogP contribution in [0.3, 0.4) is 0 Å². The molecule has 208 valence electrons. The van der Waals surface area contributed by atoms with Crippen LogP contribution >= 0.6 is 11.3 Å². The second-order valence-electron chi connectivity index (χ2n) is 10.3. The minimum Gasteiger partial charge on any atom is -0.461 e. The fourth-order valence-corrected chi connectivity index (χ4v) is 5.99. The van der Waals surface area contributed by atoms with Gasteiger partial charge in [0.05, 0.1) is 17.1 Å². The molecule has 0 bridgehead atoms. The second-order valence-corrected chi connectivity index (χ2v) is 11.3. The first-order valence-corrected chi connectivity index (χ1v) is 14.7. The number of thiophene rings is 1. The van der Waals surface area contributed by atoms with Gasteiger partial charge in [0, 0.05) is 36.8 Å². The van der Waals surface area contributed by atoms with Crippen LogP contribution in [0.25, 0.3) is 21.5 Å². The lowest BCUT2D eigenvalue weighted by Gasteiger charge is -2.25. The largest absolute Gasteiger partial charge is 0.461 e. The van der Waals surface area contributed by atoms with Crippen molar-refractivity contribution in [3.8, 4) is 10.6 Å². The molecule has 0 saturated carbocycles. The monoisotopic (exact) mass is 559 g/mol. The van der Waals surface area contributed by atoms with Gasteiger partial charge in [0.15, 0.2) is 5.82 Å². The first-order chi connectivity index (χ1) is 19.5. The number of guanidine groups is 1. The van der Waals surface area contributed by atoms with Gasteiger partial charge in [-0.05, 0) is 74.7 Å². The van der Waals surface area contributed by atoms with Gasteiger partial charge in [-0.15, -0.1) is 11.3 Å². The molecule has 0 aliphatic carbocycles. The molecule has 2 fully saturated rings. The van der Waals surface area contributed by atoms with Crippen molar-refractivity contribution in [2.24, 2.45) is 4.99 Å². The molecular formula is C29H33N7O3S. The Balaban J connectivity index is 1.26. The summed E-state index contributed by atoms with van der Waals surface area (Å²) < 4.78 is 5.72. The molecule has 5 heterocycles. The van der Waals surface area contributed by atoms with Crippen LogP contribution in [-0.2, 0) is 9.59 Å². The minimum absolute atomic E-state index is 0.0216. The zero-order valence-corrected chi connectivity index (χ0v) is 23.3. The first-order valence-electron chi connectivity index (χ1n) is 13.8. The van der Waals surface area contributed by atoms with Crippen LogP contribution in [-0.4, -0.2) is 70.0 Å². The van der Waals surface area contributed by atoms with Crippen LogP contribution in [0.15, 0.2) is 57.3 Å². The van der Waals surface area contributed by atoms with Gasteiger partial charge < -0.3 is 24.9 Å². The number of rotatable bonds is 6. The van der Waals surface area contributed by atoms with Gasteiger partial charge in [-0.25, -0.2) is 4.99 Å². The molecule has 2 aliphatic rings. The molecular weight excluding hydrogens is 526 g/mol. The Bertz CT molecular complexity index is 1520. The molecule has 0 unspecified atom stereocenters. The van der Waals surface area contributed by atoms with E-state index in [0.29, 0.717) is 24.7 Å². The lowest BCUT2D eigenvalue weighted by atomic mass is 10.1. The molecule has 4 aromatic rings. The Labute approximate surface area is 236 Å². The van der Waals surface area contributed by atoms with Crippen molar-refractivity contribution in [1.29, 1.82) is 0 Å². The number of amides is 2. The van der Waals surface area contributed by atoms with E-state index in [0.717, 1.165) is 71.8 Å². The summed E-state index contributed by atoms with van der Waals surface area (Å²) in [6.45, 7) is 4.15. The Morgan fingerprint density at radius 2 is 1.98 bits per heavy atom. The quantitative estimate of drug-likeness (QED) is 0.224. The second kappa shape index (κ2) is 11.5. The fraction of sp³-hybridized carbons (Fsp3) is 0.379. The highest BCUT2D eigenvalue weighted by Gasteiger charge is 2.30. The molecule has 6 rings (SSSR count). The maximum atomic E-state index is 13.6. The van der Waals surface area contributed by atoms with Crippen molar-refractivity contribution in [3.05, 3.63) is 53.6 Å². The summed E-state index contributed by atoms with van der Waals surface area (Å²) >= 11 is 1.62. The number of nitrogens with one attached hydrogen (secondary N) is 3. The molecule has 1 aromatic carbocycles. The van der Waals surface area contributed by atoms with Gasteiger partial charge in [-0.3, -0.25) is 14.7 Å². The number of aromatic amines is 1. The highest BCUT2D eigenvalue weighted by atomic mass is 32.1. The molecule has 1 atom stereocenters. The first kappa shape index (κ1) is 26.1. The number of aryl methyl sites for hydroxylation is 1. The number of fused-ring (bicyclic) bond motifs is 1. The van der Waals surface area contributed by atoms with Gasteiger partial charge in [-0.1, -0.05) is 6.07 Å². The van der Waals surface area contributed by atoms with Gasteiger partial charge in [-0.2, -0.15) is 5.10 Å². The van der Waals surface area contributed by atoms with Crippen molar-refractivity contribution < 1.29 is 14.0 Å². The number of hydrogen-bond acceptors (Lipinski definition) is 6. The van der Waals surface area contributed by atoms with E-state index in [1.54, 1.807) is 16.2 Å². The van der Waals surface area contributed by atoms with Crippen LogP contribution in [0.4, 0.5) is 11.5 Å². The Morgan fingerprint density at radius 3 is 2.80 bits per heavy atom. The third-order valence-electron chi connectivity index (χ3n) is 7.34. The number of furan rings is 1. The van der Waals surface area contributed by atoms with Crippen molar-refractivity contribution in [2.75, 3.05) is 36.8 Å². The predicted octanol–water partition coefficient (Wildman–Crippen LogP) is 5.08. The maximum Gasteiger partial charge on any atom is 0.247 e. The average Bonchev–Trinajstić information content (AvgIpc) is 3.75. The number of H-pyrrole nitrogens is 1. The van der Waals surface area contributed by atoms with Gasteiger partial charge in [0.1, 0.15) is 17.4 Å². The Hall–Kier alpha value is -4.12. The number of carbonyl (C=O) groups is 2. The SMILES string of the molecule is Cc1cc2cc(NC(=N[C@H]3CCCCN(CC(=O)N4CCCC4)C3=O)Nc3cc(-c4cccs4)[nH]n3)ccc2o1. The van der Waals surface area contributed by atoms with Crippen LogP contribution in [0.2, 0.25) is 0 Å². The summed E-state index contributed by atoms with van der Waals surface area (Å²) in [4.78, 5) is 36.0. The number of aromatic nitrogens is 2. The summed E-state index contributed by atoms with van der Waals surface area (Å²) in [5, 5.41) is 17.1. The number of nitrogens with zero attached hydrogens (tertiary/aromatic N) is 4. The van der Waals surface area contributed by atoms with E-state index in [9.17, 15) is 9.59 Å². The highest BCUT2D eigenvalue weighted by molar-refractivity contribution is 7.13. The lowest BCUT2D eigenvalue weighted by Crippen LogP contribution is -2.45. The summed E-state index contributed by atoms with van der Waals surface area (Å²) in [7, 11) is 0. The molecule has 11 heteroatoms. The van der Waals surface area contributed by atoms with Gasteiger partial charge in [0.25, 0.3) is 0 Å². The Morgan fingerprint density at radius 1 is 1.12 bits per heavy atom. The third-order valence-corrected chi connectivity index (χ3v) is 8.24. The molecule has 0 spiro atoms. The third kappa shape index (κ3) is 5.89. The molecule has 3 aromatic heterocycles. The minimum atomic E-state index is -0.612. The number of anilines is 2. The molecule has 10 nitrogen and oxygen atoms in total. The van der Waals surface area contributed by atoms with E-state index >= 15 is 0 Å². The van der Waals surface area contributed by atoms with Gasteiger partial charge >= 0.3 is 0 Å². The Kier molecular flexibility index (Phi) is 7.54. The van der Waals surface area contributed by atoms with Crippen molar-refractivity contribution in [1.82, 2.24) is 20.0 Å². The van der Waals surface area contributed by atoms with Crippen LogP contribution < -0.4 is 10.6 Å². The fourth-order valence-electron chi connectivity index (χ4n) is 5.30. The van der Waals surface area contributed by atoms with E-state index in [2.05, 4.69) is 20.8 Å². The molecule has 2 saturated heterocycles. The maximum absolute atomic E-state index is 13.6. The van der Waals surface area contributed by atoms with E-state index in [1.165, 1.54) is 0 Å². The van der Waals surface area contributed by atoms with Crippen molar-refractivity contribution >= 4 is 51.6 Å². The highest BCUT2D eigenvalue weighted by Crippen LogP contribution is 2.26. The molecule has 40 heavy (non-hydrogen) atoms. The van der Waals surface area contributed by atoms with Crippen molar-refractivity contribution in [3.63, 3.8) is 0 Å². The normalized spacial score (nSPS) is 18.4. The predicted molar refractivity (Wildman–Crippen MR) is 158 cm³/mol. The molecule has 2 amide bonds. The summed E-state index contributed by atoms with van der Waals surface area (Å²) in [6.07, 6.45) is 4.37. The molecule has 0 radical (unpaired) electrons. The smallest absolute Gasteiger partial charge is 0.247 e. The summed E-state index contributed by atoms with van der Waals surface area (Å²) in [6, 6.07) is 13.1. The van der Waals surface area contributed by atoms with Crippen LogP contribution in [0, 0.1) is 6.92 Å². The van der Waals surface area contributed by atoms with Crippen LogP contribution in [0.1, 0.15) is 37.9 Å². The number of benzene rings is 1. The topological polar surface area (TPSA) is 119 Å². The van der Waals surface area contributed by atoms with E-state index in [-0.39, 0.29) is 18.4 Å². The summed E-state index contributed by atoms with van der Waals surface area (Å²) in [5.74, 6) is 1.73. The number of carbonyl (C=O) groups excluding carboxylic acids is 2. The number of aliphatic imine (C=N–C) groups is 1. The van der Waals surface area contributed by atoms with Crippen LogP contribution in [0.5, 0.6) is 0 Å². The van der Waals surface area contributed by atoms with Crippen molar-refractivity contribution in [2.45, 2.75) is 45.1 Å². The standard InChI is InChI=1S/C29H33N7O3S/c1-19-15-20-16-21(9-10-24(20)39-19)30-29(32-26-17-23(33-34-26)25-8-6-14-40-25)31-22-7-2-3-13-36(28(22)38)18-27(37)35-11-4-5-12-35/h6,8-10,14-17,22H,2-5,7,11-13,18H2,1H3,(H3,30,31,32,33,34)/t22-/m0/s1. The zero-order valence-electron chi connectivity index (χ0n) is 22.5.